The van der Waals surface area contributed by atoms with Crippen LogP contribution in [0.25, 0.3) is 6.08 Å². The number of H-pyrrole nitrogens is 1. The number of hydrogen-bond donors (Lipinski definition) is 1. The third kappa shape index (κ3) is 3.19. The van der Waals surface area contributed by atoms with Gasteiger partial charge >= 0.3 is 5.69 Å². The Bertz CT molecular complexity index is 746. The van der Waals surface area contributed by atoms with Crippen LogP contribution < -0.4 is 11.2 Å². The third-order valence-corrected chi connectivity index (χ3v) is 3.22. The summed E-state index contributed by atoms with van der Waals surface area (Å²) in [5.74, 6) is 0. The summed E-state index contributed by atoms with van der Waals surface area (Å²) in [6.45, 7) is 1.89. The monoisotopic (exact) mass is 330 g/mol. The van der Waals surface area contributed by atoms with Crippen LogP contribution in [-0.2, 0) is 0 Å². The first-order valence-electron chi connectivity index (χ1n) is 6.02. The van der Waals surface area contributed by atoms with Gasteiger partial charge in [-0.2, -0.15) is 0 Å². The first-order chi connectivity index (χ1) is 9.49. The van der Waals surface area contributed by atoms with Gasteiger partial charge in [0.25, 0.3) is 5.56 Å². The second kappa shape index (κ2) is 6.09. The van der Waals surface area contributed by atoms with E-state index in [1.807, 2.05) is 37.3 Å². The van der Waals surface area contributed by atoms with Crippen molar-refractivity contribution in [2.24, 2.45) is 0 Å². The smallest absolute Gasteiger partial charge is 0.293 e. The minimum Gasteiger partial charge on any atom is -0.293 e. The van der Waals surface area contributed by atoms with Crippen molar-refractivity contribution in [1.29, 1.82) is 0 Å². The molecule has 6 heteroatoms. The maximum atomic E-state index is 11.9. The molecule has 0 amide bonds. The minimum absolute atomic E-state index is 0.191. The van der Waals surface area contributed by atoms with Gasteiger partial charge in [0, 0.05) is 6.20 Å². The molecule has 4 nitrogen and oxygen atoms in total. The van der Waals surface area contributed by atoms with E-state index in [2.05, 4.69) is 20.9 Å². The van der Waals surface area contributed by atoms with Gasteiger partial charge in [0.1, 0.15) is 7.85 Å². The van der Waals surface area contributed by atoms with Crippen LogP contribution in [0.1, 0.15) is 24.1 Å². The molecule has 1 aromatic carbocycles. The van der Waals surface area contributed by atoms with E-state index >= 15 is 0 Å². The molecule has 100 valence electrons. The van der Waals surface area contributed by atoms with Crippen LogP contribution >= 0.6 is 15.9 Å². The average molecular weight is 331 g/mol. The quantitative estimate of drug-likeness (QED) is 0.875. The predicted octanol–water partition coefficient (Wildman–Crippen LogP) is 2.01. The molecule has 0 saturated heterocycles. The summed E-state index contributed by atoms with van der Waals surface area (Å²) < 4.78 is 1.79. The zero-order valence-electron chi connectivity index (χ0n) is 10.8. The number of halogens is 1. The molecule has 0 bridgehead atoms. The number of nitrogens with one attached hydrogen (secondary N) is 1. The van der Waals surface area contributed by atoms with E-state index in [0.717, 1.165) is 5.56 Å². The van der Waals surface area contributed by atoms with Crippen LogP contribution in [0, 0.1) is 0 Å². The molecule has 20 heavy (non-hydrogen) atoms. The summed E-state index contributed by atoms with van der Waals surface area (Å²) in [5.41, 5.74) is 0.385. The Balaban J connectivity index is 2.55. The van der Waals surface area contributed by atoms with Crippen molar-refractivity contribution >= 4 is 29.9 Å². The lowest BCUT2D eigenvalue weighted by Crippen LogP contribution is -2.32. The summed E-state index contributed by atoms with van der Waals surface area (Å²) in [6.07, 6.45) is 2.97. The summed E-state index contributed by atoms with van der Waals surface area (Å²) in [5, 5.41) is 0. The number of rotatable bonds is 3. The Morgan fingerprint density at radius 2 is 2.00 bits per heavy atom. The fraction of sp³-hybridized carbons (Fsp3) is 0.143. The highest BCUT2D eigenvalue weighted by Crippen LogP contribution is 2.15. The number of hydrogen-bond acceptors (Lipinski definition) is 2. The molecule has 0 fully saturated rings. The van der Waals surface area contributed by atoms with Gasteiger partial charge in [0.15, 0.2) is 0 Å². The molecule has 0 aliphatic carbocycles. The molecule has 2 radical (unpaired) electrons. The predicted molar refractivity (Wildman–Crippen MR) is 84.2 cm³/mol. The molecule has 2 aromatic rings. The fourth-order valence-corrected chi connectivity index (χ4v) is 2.18. The molecular formula is C14H12BBrN2O2. The van der Waals surface area contributed by atoms with Crippen molar-refractivity contribution in [2.75, 3.05) is 0 Å². The van der Waals surface area contributed by atoms with Gasteiger partial charge in [-0.3, -0.25) is 14.3 Å². The summed E-state index contributed by atoms with van der Waals surface area (Å²) in [6, 6.07) is 9.38. The second-order valence-electron chi connectivity index (χ2n) is 4.37. The Labute approximate surface area is 125 Å². The zero-order chi connectivity index (χ0) is 14.7. The molecule has 0 aliphatic heterocycles. The van der Waals surface area contributed by atoms with E-state index in [0.29, 0.717) is 9.95 Å². The minimum atomic E-state index is -0.464. The molecule has 1 unspecified atom stereocenters. The van der Waals surface area contributed by atoms with E-state index in [-0.39, 0.29) is 6.04 Å². The maximum Gasteiger partial charge on any atom is 0.328 e. The van der Waals surface area contributed by atoms with Gasteiger partial charge in [0.05, 0.1) is 11.6 Å². The van der Waals surface area contributed by atoms with Crippen LogP contribution in [0.4, 0.5) is 0 Å². The number of aromatic nitrogens is 2. The lowest BCUT2D eigenvalue weighted by Gasteiger charge is -2.15. The molecular weight excluding hydrogens is 319 g/mol. The van der Waals surface area contributed by atoms with Crippen molar-refractivity contribution in [1.82, 2.24) is 9.55 Å². The molecule has 1 heterocycles. The van der Waals surface area contributed by atoms with Gasteiger partial charge in [-0.25, -0.2) is 4.79 Å². The average Bonchev–Trinajstić information content (AvgIpc) is 2.41. The van der Waals surface area contributed by atoms with Crippen molar-refractivity contribution in [3.05, 3.63) is 72.9 Å². The van der Waals surface area contributed by atoms with Crippen LogP contribution in [0.15, 0.2) is 50.5 Å². The third-order valence-electron chi connectivity index (χ3n) is 2.99. The number of benzene rings is 1. The SMILES string of the molecule is [B]/C(Br)=C/c1cn(C(C)c2ccccc2)c(=O)[nH]c1=O. The molecule has 1 atom stereocenters. The van der Waals surface area contributed by atoms with Gasteiger partial charge in [-0.05, 0) is 18.6 Å². The highest BCUT2D eigenvalue weighted by Gasteiger charge is 2.11. The van der Waals surface area contributed by atoms with Gasteiger partial charge in [-0.15, -0.1) is 0 Å². The Morgan fingerprint density at radius 3 is 2.60 bits per heavy atom. The van der Waals surface area contributed by atoms with Crippen LogP contribution in [-0.4, -0.2) is 17.4 Å². The van der Waals surface area contributed by atoms with Gasteiger partial charge in [0.2, 0.25) is 0 Å². The molecule has 2 rings (SSSR count). The molecule has 1 N–H and O–H groups in total. The van der Waals surface area contributed by atoms with E-state index in [4.69, 9.17) is 7.85 Å². The van der Waals surface area contributed by atoms with Crippen LogP contribution in [0.2, 0.25) is 0 Å². The Hall–Kier alpha value is -1.82. The lowest BCUT2D eigenvalue weighted by molar-refractivity contribution is 0.593. The highest BCUT2D eigenvalue weighted by atomic mass is 79.9. The Kier molecular flexibility index (Phi) is 4.44. The number of nitrogens with zero attached hydrogens (tertiary/aromatic N) is 1. The molecule has 1 aromatic heterocycles. The standard InChI is InChI=1S/C14H12BBrN2O2/c1-9(10-5-3-2-4-6-10)18-8-11(7-12(15)16)13(19)17-14(18)20/h2-9H,1H3,(H,17,19,20)/b12-7-. The van der Waals surface area contributed by atoms with Crippen LogP contribution in [0.3, 0.4) is 0 Å². The topological polar surface area (TPSA) is 54.9 Å². The Morgan fingerprint density at radius 1 is 1.35 bits per heavy atom. The van der Waals surface area contributed by atoms with Gasteiger partial charge < -0.3 is 0 Å². The van der Waals surface area contributed by atoms with E-state index < -0.39 is 11.2 Å². The number of aromatic amines is 1. The van der Waals surface area contributed by atoms with Crippen molar-refractivity contribution in [2.45, 2.75) is 13.0 Å². The molecule has 0 spiro atoms. The van der Waals surface area contributed by atoms with Gasteiger partial charge in [-0.1, -0.05) is 50.6 Å². The first-order valence-corrected chi connectivity index (χ1v) is 6.81. The maximum absolute atomic E-state index is 11.9. The van der Waals surface area contributed by atoms with E-state index in [9.17, 15) is 9.59 Å². The normalized spacial score (nSPS) is 13.2. The second-order valence-corrected chi connectivity index (χ2v) is 5.28. The fourth-order valence-electron chi connectivity index (χ4n) is 1.93. The first kappa shape index (κ1) is 14.6. The van der Waals surface area contributed by atoms with Crippen molar-refractivity contribution in [3.63, 3.8) is 0 Å². The largest absolute Gasteiger partial charge is 0.328 e. The van der Waals surface area contributed by atoms with Crippen molar-refractivity contribution < 1.29 is 0 Å². The summed E-state index contributed by atoms with van der Waals surface area (Å²) in [4.78, 5) is 25.9. The molecule has 0 saturated carbocycles. The summed E-state index contributed by atoms with van der Waals surface area (Å²) >= 11 is 3.07. The zero-order valence-corrected chi connectivity index (χ0v) is 12.4. The molecule has 0 aliphatic rings. The highest BCUT2D eigenvalue weighted by molar-refractivity contribution is 9.12. The van der Waals surface area contributed by atoms with Crippen LogP contribution in [0.5, 0.6) is 0 Å². The van der Waals surface area contributed by atoms with Crippen molar-refractivity contribution in [3.8, 4) is 0 Å². The summed E-state index contributed by atoms with van der Waals surface area (Å²) in [7, 11) is 5.51. The van der Waals surface area contributed by atoms with E-state index in [1.165, 1.54) is 16.8 Å². The lowest BCUT2D eigenvalue weighted by atomic mass is 10.1. The van der Waals surface area contributed by atoms with E-state index in [1.54, 1.807) is 0 Å².